The molecule has 9 nitrogen and oxygen atoms in total. The lowest BCUT2D eigenvalue weighted by Gasteiger charge is -2.29. The molecule has 1 unspecified atom stereocenters. The van der Waals surface area contributed by atoms with E-state index in [9.17, 15) is 9.50 Å². The van der Waals surface area contributed by atoms with Gasteiger partial charge in [-0.15, -0.1) is 10.2 Å². The van der Waals surface area contributed by atoms with Gasteiger partial charge in [-0.2, -0.15) is 9.49 Å². The minimum Gasteiger partial charge on any atom is -0.369 e. The van der Waals surface area contributed by atoms with Crippen molar-refractivity contribution in [1.29, 1.82) is 0 Å². The van der Waals surface area contributed by atoms with E-state index in [-0.39, 0.29) is 0 Å². The molecule has 2 aromatic carbocycles. The molecule has 0 saturated carbocycles. The minimum absolute atomic E-state index is 0.436. The van der Waals surface area contributed by atoms with Crippen LogP contribution in [0.2, 0.25) is 0 Å². The molecule has 0 saturated heterocycles. The molecule has 1 atom stereocenters. The molecule has 0 bridgehead atoms. The van der Waals surface area contributed by atoms with E-state index in [4.69, 9.17) is 5.10 Å². The number of rotatable bonds is 5. The van der Waals surface area contributed by atoms with Gasteiger partial charge in [0.1, 0.15) is 11.6 Å². The Morgan fingerprint density at radius 3 is 2.50 bits per heavy atom. The summed E-state index contributed by atoms with van der Waals surface area (Å²) in [6, 6.07) is 22.3. The van der Waals surface area contributed by atoms with E-state index in [0.29, 0.717) is 41.2 Å². The fourth-order valence-corrected chi connectivity index (χ4v) is 4.42. The molecule has 10 heteroatoms. The van der Waals surface area contributed by atoms with E-state index in [2.05, 4.69) is 20.5 Å². The Hall–Kier alpha value is -4.57. The van der Waals surface area contributed by atoms with E-state index >= 15 is 0 Å². The van der Waals surface area contributed by atoms with Crippen LogP contribution in [0.25, 0.3) is 17.1 Å². The summed E-state index contributed by atoms with van der Waals surface area (Å²) in [5.41, 5.74) is 3.88. The van der Waals surface area contributed by atoms with Gasteiger partial charge in [0.25, 0.3) is 0 Å². The van der Waals surface area contributed by atoms with Crippen LogP contribution < -0.4 is 10.2 Å². The second-order valence-electron chi connectivity index (χ2n) is 8.64. The molecule has 0 aliphatic carbocycles. The Kier molecular flexibility index (Phi) is 5.23. The number of para-hydroxylation sites is 1. The molecule has 4 heterocycles. The molecule has 6 rings (SSSR count). The minimum atomic E-state index is -0.961. The molecule has 5 aromatic rings. The van der Waals surface area contributed by atoms with E-state index in [1.165, 1.54) is 6.07 Å². The number of aliphatic hydroxyl groups is 1. The lowest BCUT2D eigenvalue weighted by Crippen LogP contribution is -2.31. The summed E-state index contributed by atoms with van der Waals surface area (Å²) in [4.78, 5) is 5.63. The molecule has 2 N–H and O–H groups in total. The Balaban J connectivity index is 1.42. The number of fused-ring (bicyclic) bond motifs is 3. The summed E-state index contributed by atoms with van der Waals surface area (Å²) < 4.78 is 17.2. The third kappa shape index (κ3) is 3.68. The van der Waals surface area contributed by atoms with E-state index in [1.54, 1.807) is 24.1 Å². The van der Waals surface area contributed by atoms with Crippen molar-refractivity contribution in [3.8, 4) is 17.1 Å². The summed E-state index contributed by atoms with van der Waals surface area (Å²) in [7, 11) is 1.77. The number of aryl methyl sites for hydroxylation is 1. The Bertz CT molecular complexity index is 1540. The molecule has 0 fully saturated rings. The van der Waals surface area contributed by atoms with Crippen molar-refractivity contribution in [3.05, 3.63) is 95.7 Å². The van der Waals surface area contributed by atoms with Crippen molar-refractivity contribution in [1.82, 2.24) is 29.5 Å². The van der Waals surface area contributed by atoms with Crippen LogP contribution in [0.4, 0.5) is 21.8 Å². The van der Waals surface area contributed by atoms with Gasteiger partial charge in [0.05, 0.1) is 17.8 Å². The first-order chi connectivity index (χ1) is 17.5. The zero-order chi connectivity index (χ0) is 24.8. The summed E-state index contributed by atoms with van der Waals surface area (Å²) >= 11 is 0. The summed E-state index contributed by atoms with van der Waals surface area (Å²) in [5.74, 6) is 1.94. The molecule has 0 amide bonds. The first-order valence-corrected chi connectivity index (χ1v) is 11.5. The SMILES string of the molecule is Cc1nnc2n1-c1nn(Cc3ccc(-c4cccc(F)n4)cc3)c(Nc3ccccc3)c1C(O)N2C. The normalized spacial score (nSPS) is 14.4. The Morgan fingerprint density at radius 1 is 0.972 bits per heavy atom. The monoisotopic (exact) mass is 482 g/mol. The zero-order valence-electron chi connectivity index (χ0n) is 19.7. The second-order valence-corrected chi connectivity index (χ2v) is 8.64. The quantitative estimate of drug-likeness (QED) is 0.362. The molecular weight excluding hydrogens is 459 g/mol. The van der Waals surface area contributed by atoms with Gasteiger partial charge in [0.15, 0.2) is 12.0 Å². The highest BCUT2D eigenvalue weighted by molar-refractivity contribution is 5.68. The zero-order valence-corrected chi connectivity index (χ0v) is 19.7. The number of nitrogens with zero attached hydrogens (tertiary/aromatic N) is 7. The molecule has 36 heavy (non-hydrogen) atoms. The maximum absolute atomic E-state index is 13.6. The molecule has 0 radical (unpaired) electrons. The fraction of sp³-hybridized carbons (Fsp3) is 0.154. The molecule has 3 aromatic heterocycles. The maximum atomic E-state index is 13.6. The third-order valence-electron chi connectivity index (χ3n) is 6.26. The van der Waals surface area contributed by atoms with Crippen LogP contribution in [-0.2, 0) is 6.54 Å². The maximum Gasteiger partial charge on any atom is 0.235 e. The average Bonchev–Trinajstić information content (AvgIpc) is 3.44. The number of nitrogens with one attached hydrogen (secondary N) is 1. The lowest BCUT2D eigenvalue weighted by molar-refractivity contribution is 0.173. The number of hydrogen-bond donors (Lipinski definition) is 2. The highest BCUT2D eigenvalue weighted by Crippen LogP contribution is 2.40. The first-order valence-electron chi connectivity index (χ1n) is 11.5. The molecular formula is C26H23FN8O. The highest BCUT2D eigenvalue weighted by Gasteiger charge is 2.36. The van der Waals surface area contributed by atoms with Crippen molar-refractivity contribution in [2.75, 3.05) is 17.3 Å². The predicted octanol–water partition coefficient (Wildman–Crippen LogP) is 4.21. The topological polar surface area (TPSA) is 96.9 Å². The smallest absolute Gasteiger partial charge is 0.235 e. The summed E-state index contributed by atoms with van der Waals surface area (Å²) in [6.45, 7) is 2.29. The Labute approximate surface area is 206 Å². The van der Waals surface area contributed by atoms with E-state index in [0.717, 1.165) is 16.8 Å². The van der Waals surface area contributed by atoms with Gasteiger partial charge in [0.2, 0.25) is 11.9 Å². The molecule has 0 spiro atoms. The average molecular weight is 483 g/mol. The van der Waals surface area contributed by atoms with Gasteiger partial charge in [-0.25, -0.2) is 14.2 Å². The van der Waals surface area contributed by atoms with Crippen molar-refractivity contribution in [2.24, 2.45) is 0 Å². The van der Waals surface area contributed by atoms with Crippen molar-refractivity contribution >= 4 is 17.5 Å². The molecule has 1 aliphatic rings. The number of pyridine rings is 1. The van der Waals surface area contributed by atoms with Crippen LogP contribution in [0.3, 0.4) is 0 Å². The second kappa shape index (κ2) is 8.58. The first kappa shape index (κ1) is 21.9. The number of aromatic nitrogens is 6. The van der Waals surface area contributed by atoms with E-state index < -0.39 is 12.2 Å². The largest absolute Gasteiger partial charge is 0.369 e. The van der Waals surface area contributed by atoms with Gasteiger partial charge < -0.3 is 15.3 Å². The van der Waals surface area contributed by atoms with Gasteiger partial charge in [0, 0.05) is 18.3 Å². The van der Waals surface area contributed by atoms with Crippen molar-refractivity contribution in [3.63, 3.8) is 0 Å². The van der Waals surface area contributed by atoms with Gasteiger partial charge in [-0.3, -0.25) is 0 Å². The van der Waals surface area contributed by atoms with Crippen LogP contribution in [0.15, 0.2) is 72.8 Å². The fourth-order valence-electron chi connectivity index (χ4n) is 4.42. The van der Waals surface area contributed by atoms with Crippen molar-refractivity contribution < 1.29 is 9.50 Å². The number of anilines is 3. The van der Waals surface area contributed by atoms with Gasteiger partial charge in [-0.05, 0) is 36.8 Å². The summed E-state index contributed by atoms with van der Waals surface area (Å²) in [5, 5.41) is 28.0. The predicted molar refractivity (Wildman–Crippen MR) is 134 cm³/mol. The third-order valence-corrected chi connectivity index (χ3v) is 6.26. The number of aliphatic hydroxyl groups excluding tert-OH is 1. The molecule has 1 aliphatic heterocycles. The number of halogens is 1. The van der Waals surface area contributed by atoms with Gasteiger partial charge in [-0.1, -0.05) is 48.5 Å². The van der Waals surface area contributed by atoms with Crippen LogP contribution in [-0.4, -0.2) is 41.7 Å². The number of hydrogen-bond acceptors (Lipinski definition) is 7. The van der Waals surface area contributed by atoms with Crippen LogP contribution >= 0.6 is 0 Å². The van der Waals surface area contributed by atoms with Gasteiger partial charge >= 0.3 is 0 Å². The standard InChI is InChI=1S/C26H23FN8O/c1-16-30-31-26-33(2)25(36)22-23(28-19-7-4-3-5-8-19)34(32-24(22)35(16)26)15-17-11-13-18(14-12-17)20-9-6-10-21(27)29-20/h3-14,25,28,36H,15H2,1-2H3. The van der Waals surface area contributed by atoms with Crippen LogP contribution in [0.1, 0.15) is 23.2 Å². The Morgan fingerprint density at radius 2 is 1.75 bits per heavy atom. The van der Waals surface area contributed by atoms with E-state index in [1.807, 2.05) is 70.8 Å². The van der Waals surface area contributed by atoms with Crippen LogP contribution in [0, 0.1) is 12.9 Å². The lowest BCUT2D eigenvalue weighted by atomic mass is 10.1. The highest BCUT2D eigenvalue weighted by atomic mass is 19.1. The van der Waals surface area contributed by atoms with Crippen LogP contribution in [0.5, 0.6) is 0 Å². The van der Waals surface area contributed by atoms with Crippen molar-refractivity contribution in [2.45, 2.75) is 19.7 Å². The number of benzene rings is 2. The summed E-state index contributed by atoms with van der Waals surface area (Å²) in [6.07, 6.45) is -0.961. The molecule has 180 valence electrons.